The monoisotopic (exact) mass is 501 g/mol. The van der Waals surface area contributed by atoms with Gasteiger partial charge in [0.25, 0.3) is 5.91 Å². The molecule has 0 bridgehead atoms. The fourth-order valence-corrected chi connectivity index (χ4v) is 4.60. The first kappa shape index (κ1) is 23.2. The number of hydrogen-bond donors (Lipinski definition) is 0. The Hall–Kier alpha value is -3.60. The highest BCUT2D eigenvalue weighted by atomic mass is 35.5. The van der Waals surface area contributed by atoms with Crippen LogP contribution in [0.3, 0.4) is 0 Å². The van der Waals surface area contributed by atoms with E-state index < -0.39 is 5.92 Å². The molecule has 0 saturated carbocycles. The molecule has 1 unspecified atom stereocenters. The molecule has 4 aromatic carbocycles. The van der Waals surface area contributed by atoms with Crippen LogP contribution in [0.5, 0.6) is 0 Å². The van der Waals surface area contributed by atoms with Crippen LogP contribution in [0.25, 0.3) is 21.8 Å². The van der Waals surface area contributed by atoms with Crippen molar-refractivity contribution in [3.8, 4) is 0 Å². The first-order valence-corrected chi connectivity index (χ1v) is 11.9. The van der Waals surface area contributed by atoms with E-state index in [1.807, 2.05) is 60.7 Å². The number of aromatic nitrogens is 1. The number of esters is 1. The van der Waals surface area contributed by atoms with Gasteiger partial charge in [-0.3, -0.25) is 14.2 Å². The number of hydrogen-bond acceptors (Lipinski definition) is 3. The van der Waals surface area contributed by atoms with Gasteiger partial charge in [-0.05, 0) is 60.5 Å². The number of carbonyl (C=O) groups is 2. The van der Waals surface area contributed by atoms with Crippen LogP contribution in [0, 0.1) is 0 Å². The van der Waals surface area contributed by atoms with Crippen molar-refractivity contribution in [1.29, 1.82) is 0 Å². The molecule has 0 aliphatic carbocycles. The number of nitrogens with zero attached hydrogens (tertiary/aromatic N) is 1. The molecule has 0 radical (unpaired) electrons. The third-order valence-corrected chi connectivity index (χ3v) is 6.57. The molecule has 0 fully saturated rings. The Labute approximate surface area is 212 Å². The van der Waals surface area contributed by atoms with Gasteiger partial charge in [0.2, 0.25) is 0 Å². The Kier molecular flexibility index (Phi) is 6.33. The fourth-order valence-electron chi connectivity index (χ4n) is 4.24. The molecule has 5 rings (SSSR count). The lowest BCUT2D eigenvalue weighted by Gasteiger charge is -2.13. The average Bonchev–Trinajstić information content (AvgIpc) is 3.19. The van der Waals surface area contributed by atoms with Gasteiger partial charge in [-0.25, -0.2) is 0 Å². The summed E-state index contributed by atoms with van der Waals surface area (Å²) in [5, 5.41) is 2.78. The molecule has 5 aromatic rings. The number of carbonyl (C=O) groups excluding carboxylic acids is 2. The third kappa shape index (κ3) is 4.55. The molecule has 6 heteroatoms. The third-order valence-electron chi connectivity index (χ3n) is 6.10. The van der Waals surface area contributed by atoms with Crippen molar-refractivity contribution >= 4 is 56.9 Å². The van der Waals surface area contributed by atoms with Gasteiger partial charge in [0.15, 0.2) is 0 Å². The maximum atomic E-state index is 13.6. The normalized spacial score (nSPS) is 12.1. The molecule has 0 spiro atoms. The number of ether oxygens (including phenoxy) is 1. The van der Waals surface area contributed by atoms with E-state index in [-0.39, 0.29) is 18.5 Å². The first-order valence-electron chi connectivity index (χ1n) is 11.2. The van der Waals surface area contributed by atoms with Gasteiger partial charge in [0.05, 0.1) is 17.0 Å². The average molecular weight is 502 g/mol. The van der Waals surface area contributed by atoms with E-state index in [9.17, 15) is 9.59 Å². The second-order valence-corrected chi connectivity index (χ2v) is 9.28. The van der Waals surface area contributed by atoms with Crippen LogP contribution >= 0.6 is 23.2 Å². The molecule has 35 heavy (non-hydrogen) atoms. The van der Waals surface area contributed by atoms with Crippen molar-refractivity contribution in [3.63, 3.8) is 0 Å². The van der Waals surface area contributed by atoms with E-state index in [2.05, 4.69) is 0 Å². The Morgan fingerprint density at radius 1 is 0.800 bits per heavy atom. The lowest BCUT2D eigenvalue weighted by Crippen LogP contribution is -2.14. The molecule has 1 aromatic heterocycles. The number of fused-ring (bicyclic) bond motifs is 3. The maximum absolute atomic E-state index is 13.6. The Bertz CT molecular complexity index is 1570. The maximum Gasteiger partial charge on any atom is 0.313 e. The summed E-state index contributed by atoms with van der Waals surface area (Å²) in [6.45, 7) is 2.01. The molecule has 0 amide bonds. The van der Waals surface area contributed by atoms with Crippen molar-refractivity contribution in [3.05, 3.63) is 118 Å². The van der Waals surface area contributed by atoms with Gasteiger partial charge >= 0.3 is 5.97 Å². The van der Waals surface area contributed by atoms with E-state index in [4.69, 9.17) is 27.9 Å². The second kappa shape index (κ2) is 9.57. The van der Waals surface area contributed by atoms with E-state index >= 15 is 0 Å². The summed E-state index contributed by atoms with van der Waals surface area (Å²) in [7, 11) is 0. The summed E-state index contributed by atoms with van der Waals surface area (Å²) in [5.41, 5.74) is 3.56. The lowest BCUT2D eigenvalue weighted by atomic mass is 9.99. The van der Waals surface area contributed by atoms with E-state index in [1.54, 1.807) is 41.8 Å². The van der Waals surface area contributed by atoms with Crippen LogP contribution in [0.4, 0.5) is 0 Å². The SMILES string of the molecule is CC(C(=O)OCc1ccccc1)c1ccc2c3cc(Cl)ccc3n(C(=O)c3cccc(Cl)c3)c2c1. The van der Waals surface area contributed by atoms with E-state index in [1.165, 1.54) is 0 Å². The van der Waals surface area contributed by atoms with Gasteiger partial charge in [0.1, 0.15) is 6.61 Å². The molecule has 0 aliphatic heterocycles. The number of benzene rings is 4. The number of rotatable bonds is 5. The van der Waals surface area contributed by atoms with Gasteiger partial charge in [-0.15, -0.1) is 0 Å². The summed E-state index contributed by atoms with van der Waals surface area (Å²) >= 11 is 12.4. The minimum absolute atomic E-state index is 0.207. The molecule has 0 saturated heterocycles. The minimum Gasteiger partial charge on any atom is -0.460 e. The zero-order valence-electron chi connectivity index (χ0n) is 18.9. The lowest BCUT2D eigenvalue weighted by molar-refractivity contribution is -0.146. The largest absolute Gasteiger partial charge is 0.460 e. The van der Waals surface area contributed by atoms with Crippen molar-refractivity contribution < 1.29 is 14.3 Å². The Morgan fingerprint density at radius 2 is 1.57 bits per heavy atom. The first-order chi connectivity index (χ1) is 16.9. The van der Waals surface area contributed by atoms with Crippen molar-refractivity contribution in [2.24, 2.45) is 0 Å². The van der Waals surface area contributed by atoms with E-state index in [0.29, 0.717) is 21.1 Å². The van der Waals surface area contributed by atoms with Crippen LogP contribution in [0.15, 0.2) is 91.0 Å². The van der Waals surface area contributed by atoms with Crippen LogP contribution in [0.1, 0.15) is 34.3 Å². The Balaban J connectivity index is 1.56. The summed E-state index contributed by atoms with van der Waals surface area (Å²) < 4.78 is 7.20. The predicted octanol–water partition coefficient (Wildman–Crippen LogP) is 7.64. The zero-order valence-corrected chi connectivity index (χ0v) is 20.4. The molecule has 0 aliphatic rings. The smallest absolute Gasteiger partial charge is 0.313 e. The van der Waals surface area contributed by atoms with Gasteiger partial charge in [0, 0.05) is 26.4 Å². The molecule has 0 N–H and O–H groups in total. The number of halogens is 2. The zero-order chi connectivity index (χ0) is 24.5. The van der Waals surface area contributed by atoms with Crippen molar-refractivity contribution in [2.45, 2.75) is 19.4 Å². The topological polar surface area (TPSA) is 48.3 Å². The highest BCUT2D eigenvalue weighted by Gasteiger charge is 2.22. The van der Waals surface area contributed by atoms with Crippen molar-refractivity contribution in [2.75, 3.05) is 0 Å². The molecule has 4 nitrogen and oxygen atoms in total. The van der Waals surface area contributed by atoms with Crippen molar-refractivity contribution in [1.82, 2.24) is 4.57 Å². The summed E-state index contributed by atoms with van der Waals surface area (Å²) in [6.07, 6.45) is 0. The van der Waals surface area contributed by atoms with E-state index in [0.717, 1.165) is 27.4 Å². The highest BCUT2D eigenvalue weighted by Crippen LogP contribution is 2.34. The predicted molar refractivity (Wildman–Crippen MR) is 140 cm³/mol. The van der Waals surface area contributed by atoms with Crippen LogP contribution < -0.4 is 0 Å². The van der Waals surface area contributed by atoms with Crippen LogP contribution in [-0.2, 0) is 16.1 Å². The summed E-state index contributed by atoms with van der Waals surface area (Å²) in [5.74, 6) is -1.06. The van der Waals surface area contributed by atoms with Gasteiger partial charge < -0.3 is 4.74 Å². The van der Waals surface area contributed by atoms with Gasteiger partial charge in [-0.2, -0.15) is 0 Å². The highest BCUT2D eigenvalue weighted by molar-refractivity contribution is 6.32. The molecular weight excluding hydrogens is 481 g/mol. The summed E-state index contributed by atoms with van der Waals surface area (Å²) in [4.78, 5) is 26.4. The summed E-state index contributed by atoms with van der Waals surface area (Å²) in [6, 6.07) is 27.5. The quantitative estimate of drug-likeness (QED) is 0.232. The van der Waals surface area contributed by atoms with Crippen LogP contribution in [0.2, 0.25) is 10.0 Å². The molecule has 1 atom stereocenters. The van der Waals surface area contributed by atoms with Crippen LogP contribution in [-0.4, -0.2) is 16.4 Å². The molecule has 1 heterocycles. The standard InChI is InChI=1S/C29H21Cl2NO3/c1-18(29(34)35-17-19-6-3-2-4-7-19)20-10-12-24-25-16-23(31)11-13-26(25)32(27(24)15-20)28(33)21-8-5-9-22(30)14-21/h2-16,18H,17H2,1H3. The Morgan fingerprint density at radius 3 is 2.34 bits per heavy atom. The minimum atomic E-state index is -0.514. The second-order valence-electron chi connectivity index (χ2n) is 8.40. The fraction of sp³-hybridized carbons (Fsp3) is 0.103. The molecule has 174 valence electrons. The molecular formula is C29H21Cl2NO3. The van der Waals surface area contributed by atoms with Gasteiger partial charge in [-0.1, -0.05) is 71.7 Å².